The molecule has 13 nitrogen and oxygen atoms in total. The molecule has 0 aliphatic heterocycles. The van der Waals surface area contributed by atoms with E-state index in [4.69, 9.17) is 4.74 Å². The van der Waals surface area contributed by atoms with E-state index in [0.29, 0.717) is 48.6 Å². The van der Waals surface area contributed by atoms with Crippen molar-refractivity contribution in [3.8, 4) is 0 Å². The van der Waals surface area contributed by atoms with Crippen LogP contribution in [-0.4, -0.2) is 50.6 Å². The molecule has 0 saturated heterocycles. The van der Waals surface area contributed by atoms with Crippen LogP contribution < -0.4 is 22.5 Å². The van der Waals surface area contributed by atoms with Gasteiger partial charge in [0.05, 0.1) is 25.9 Å². The third kappa shape index (κ3) is 3.13. The summed E-state index contributed by atoms with van der Waals surface area (Å²) in [4.78, 5) is 57.2. The number of rotatable bonds is 6. The number of ether oxygens (including phenoxy) is 1. The van der Waals surface area contributed by atoms with Gasteiger partial charge in [0.1, 0.15) is 0 Å². The van der Waals surface area contributed by atoms with Crippen LogP contribution in [0.3, 0.4) is 0 Å². The van der Waals surface area contributed by atoms with Gasteiger partial charge in [0, 0.05) is 41.3 Å². The molecule has 4 aromatic heterocycles. The van der Waals surface area contributed by atoms with Crippen molar-refractivity contribution in [2.45, 2.75) is 13.1 Å². The van der Waals surface area contributed by atoms with Crippen LogP contribution in [0, 0.1) is 0 Å². The molecule has 164 valence electrons. The van der Waals surface area contributed by atoms with E-state index in [0.717, 1.165) is 9.13 Å². The lowest BCUT2D eigenvalue weighted by atomic mass is 10.5. The van der Waals surface area contributed by atoms with Crippen LogP contribution in [0.5, 0.6) is 0 Å². The third-order valence-electron chi connectivity index (χ3n) is 5.39. The molecule has 0 radical (unpaired) electrons. The molecule has 0 bridgehead atoms. The Kier molecular flexibility index (Phi) is 4.97. The average Bonchev–Trinajstić information content (AvgIpc) is 3.38. The second kappa shape index (κ2) is 7.50. The van der Waals surface area contributed by atoms with Gasteiger partial charge in [-0.05, 0) is 0 Å². The van der Waals surface area contributed by atoms with Gasteiger partial charge in [-0.15, -0.1) is 0 Å². The predicted octanol–water partition coefficient (Wildman–Crippen LogP) is -2.10. The molecule has 4 aromatic rings. The standard InChI is InChI=1S/C18H22N8O5/c1-21-13-11(15(27)23(3)17(21)29)25(9-19-13)5-7-31-8-6-26-10-20-14-12(26)16(28)24(4)18(30)22(14)2/h9-10H,5-8H2,1-4H3. The predicted molar refractivity (Wildman–Crippen MR) is 111 cm³/mol. The molecule has 0 amide bonds. The summed E-state index contributed by atoms with van der Waals surface area (Å²) in [5.74, 6) is 0. The minimum Gasteiger partial charge on any atom is -0.378 e. The van der Waals surface area contributed by atoms with Crippen LogP contribution in [0.4, 0.5) is 0 Å². The number of hydrogen-bond acceptors (Lipinski definition) is 7. The summed E-state index contributed by atoms with van der Waals surface area (Å²) in [6.07, 6.45) is 3.00. The third-order valence-corrected chi connectivity index (χ3v) is 5.39. The van der Waals surface area contributed by atoms with Gasteiger partial charge in [-0.3, -0.25) is 27.9 Å². The van der Waals surface area contributed by atoms with Crippen molar-refractivity contribution in [1.82, 2.24) is 37.4 Å². The summed E-state index contributed by atoms with van der Waals surface area (Å²) in [5, 5.41) is 0. The van der Waals surface area contributed by atoms with Crippen molar-refractivity contribution in [1.29, 1.82) is 0 Å². The van der Waals surface area contributed by atoms with E-state index < -0.39 is 22.5 Å². The van der Waals surface area contributed by atoms with E-state index >= 15 is 0 Å². The maximum atomic E-state index is 12.4. The molecule has 13 heteroatoms. The summed E-state index contributed by atoms with van der Waals surface area (Å²) >= 11 is 0. The molecule has 4 rings (SSSR count). The molecular formula is C18H22N8O5. The van der Waals surface area contributed by atoms with Gasteiger partial charge in [-0.25, -0.2) is 19.6 Å². The first-order chi connectivity index (χ1) is 14.7. The first kappa shape index (κ1) is 20.5. The molecular weight excluding hydrogens is 408 g/mol. The normalized spacial score (nSPS) is 11.7. The van der Waals surface area contributed by atoms with Crippen molar-refractivity contribution in [3.63, 3.8) is 0 Å². The van der Waals surface area contributed by atoms with Crippen molar-refractivity contribution in [2.75, 3.05) is 13.2 Å². The van der Waals surface area contributed by atoms with Gasteiger partial charge in [0.15, 0.2) is 22.3 Å². The molecule has 0 aromatic carbocycles. The fourth-order valence-corrected chi connectivity index (χ4v) is 3.56. The minimum atomic E-state index is -0.435. The molecule has 31 heavy (non-hydrogen) atoms. The molecule has 4 heterocycles. The summed E-state index contributed by atoms with van der Waals surface area (Å²) in [6.45, 7) is 1.32. The van der Waals surface area contributed by atoms with Crippen molar-refractivity contribution in [2.24, 2.45) is 28.2 Å². The Morgan fingerprint density at radius 2 is 1.06 bits per heavy atom. The van der Waals surface area contributed by atoms with E-state index in [-0.39, 0.29) is 0 Å². The van der Waals surface area contributed by atoms with Gasteiger partial charge in [0.2, 0.25) is 0 Å². The Hall–Kier alpha value is -3.74. The molecule has 0 saturated carbocycles. The maximum Gasteiger partial charge on any atom is 0.332 e. The van der Waals surface area contributed by atoms with E-state index in [9.17, 15) is 19.2 Å². The van der Waals surface area contributed by atoms with Crippen molar-refractivity contribution in [3.05, 3.63) is 54.3 Å². The highest BCUT2D eigenvalue weighted by molar-refractivity contribution is 5.70. The second-order valence-electron chi connectivity index (χ2n) is 7.24. The lowest BCUT2D eigenvalue weighted by Gasteiger charge is -2.09. The maximum absolute atomic E-state index is 12.4. The molecule has 0 N–H and O–H groups in total. The molecule has 0 fully saturated rings. The quantitative estimate of drug-likeness (QED) is 0.320. The van der Waals surface area contributed by atoms with Gasteiger partial charge in [-0.1, -0.05) is 0 Å². The number of imidazole rings is 2. The lowest BCUT2D eigenvalue weighted by Crippen LogP contribution is -2.37. The zero-order chi connectivity index (χ0) is 22.4. The Labute approximate surface area is 174 Å². The monoisotopic (exact) mass is 430 g/mol. The zero-order valence-corrected chi connectivity index (χ0v) is 17.6. The number of aryl methyl sites for hydroxylation is 2. The first-order valence-corrected chi connectivity index (χ1v) is 9.53. The molecule has 0 aliphatic rings. The van der Waals surface area contributed by atoms with Crippen LogP contribution >= 0.6 is 0 Å². The second-order valence-corrected chi connectivity index (χ2v) is 7.24. The topological polar surface area (TPSA) is 133 Å². The molecule has 0 spiro atoms. The van der Waals surface area contributed by atoms with Crippen LogP contribution in [-0.2, 0) is 46.0 Å². The first-order valence-electron chi connectivity index (χ1n) is 9.53. The van der Waals surface area contributed by atoms with E-state index in [1.54, 1.807) is 23.2 Å². The van der Waals surface area contributed by atoms with Gasteiger partial charge < -0.3 is 13.9 Å². The van der Waals surface area contributed by atoms with E-state index in [1.807, 2.05) is 0 Å². The molecule has 0 aliphatic carbocycles. The fourth-order valence-electron chi connectivity index (χ4n) is 3.56. The van der Waals surface area contributed by atoms with Crippen LogP contribution in [0.1, 0.15) is 0 Å². The lowest BCUT2D eigenvalue weighted by molar-refractivity contribution is 0.120. The summed E-state index contributed by atoms with van der Waals surface area (Å²) in [6, 6.07) is 0. The van der Waals surface area contributed by atoms with Crippen LogP contribution in [0.25, 0.3) is 22.3 Å². The summed E-state index contributed by atoms with van der Waals surface area (Å²) in [7, 11) is 5.97. The number of nitrogens with zero attached hydrogens (tertiary/aromatic N) is 8. The van der Waals surface area contributed by atoms with Crippen molar-refractivity contribution >= 4 is 22.3 Å². The Morgan fingerprint density at radius 3 is 1.45 bits per heavy atom. The average molecular weight is 430 g/mol. The van der Waals surface area contributed by atoms with Crippen molar-refractivity contribution < 1.29 is 4.74 Å². The Balaban J connectivity index is 1.47. The smallest absolute Gasteiger partial charge is 0.332 e. The molecule has 0 unspecified atom stereocenters. The Bertz CT molecular complexity index is 1430. The van der Waals surface area contributed by atoms with Gasteiger partial charge in [-0.2, -0.15) is 0 Å². The minimum absolute atomic E-state index is 0.292. The molecule has 0 atom stereocenters. The SMILES string of the molecule is Cn1c(=O)c2c(ncn2CCOCCn2cnc3c2c(=O)n(C)c(=O)n3C)n(C)c1=O. The number of aromatic nitrogens is 8. The number of fused-ring (bicyclic) bond motifs is 2. The van der Waals surface area contributed by atoms with Gasteiger partial charge in [0.25, 0.3) is 11.1 Å². The Morgan fingerprint density at radius 1 is 0.677 bits per heavy atom. The van der Waals surface area contributed by atoms with E-state index in [2.05, 4.69) is 9.97 Å². The highest BCUT2D eigenvalue weighted by atomic mass is 16.5. The highest BCUT2D eigenvalue weighted by Gasteiger charge is 2.15. The summed E-state index contributed by atoms with van der Waals surface area (Å²) in [5.41, 5.74) is -0.399. The highest BCUT2D eigenvalue weighted by Crippen LogP contribution is 2.07. The zero-order valence-electron chi connectivity index (χ0n) is 17.6. The van der Waals surface area contributed by atoms with Crippen LogP contribution in [0.2, 0.25) is 0 Å². The van der Waals surface area contributed by atoms with E-state index in [1.165, 1.54) is 35.9 Å². The van der Waals surface area contributed by atoms with Crippen LogP contribution in [0.15, 0.2) is 31.8 Å². The summed E-state index contributed by atoms with van der Waals surface area (Å²) < 4.78 is 13.7. The fraction of sp³-hybridized carbons (Fsp3) is 0.444. The largest absolute Gasteiger partial charge is 0.378 e. The number of hydrogen-bond donors (Lipinski definition) is 0. The van der Waals surface area contributed by atoms with Gasteiger partial charge >= 0.3 is 11.4 Å².